The standard InChI is InChI=1S/C24H30Cl2N2O3S/c1-5-16(2)27-24(30)17(3)28(13-18-8-6-9-19(12-18)31-4)23(29)15-32-14-20-21(25)10-7-11-22(20)26/h6-12,16-17H,5,13-15H2,1-4H3,(H,27,30)/t16-,17-/m0/s1. The molecule has 2 rings (SSSR count). The number of carbonyl (C=O) groups excluding carboxylic acids is 2. The van der Waals surface area contributed by atoms with Crippen molar-refractivity contribution in [2.24, 2.45) is 0 Å². The minimum absolute atomic E-state index is 0.0375. The van der Waals surface area contributed by atoms with Crippen molar-refractivity contribution in [3.05, 3.63) is 63.6 Å². The summed E-state index contributed by atoms with van der Waals surface area (Å²) < 4.78 is 5.30. The molecule has 0 radical (unpaired) electrons. The van der Waals surface area contributed by atoms with Gasteiger partial charge in [0, 0.05) is 28.4 Å². The van der Waals surface area contributed by atoms with Crippen LogP contribution in [0.25, 0.3) is 0 Å². The zero-order chi connectivity index (χ0) is 23.7. The summed E-state index contributed by atoms with van der Waals surface area (Å²) in [6.45, 7) is 6.01. The van der Waals surface area contributed by atoms with Gasteiger partial charge in [-0.25, -0.2) is 0 Å². The molecular formula is C24H30Cl2N2O3S. The highest BCUT2D eigenvalue weighted by Gasteiger charge is 2.27. The van der Waals surface area contributed by atoms with Gasteiger partial charge >= 0.3 is 0 Å². The Hall–Kier alpha value is -1.89. The van der Waals surface area contributed by atoms with Gasteiger partial charge in [0.25, 0.3) is 0 Å². The zero-order valence-electron chi connectivity index (χ0n) is 18.9. The molecule has 0 heterocycles. The molecule has 0 saturated carbocycles. The Labute approximate surface area is 204 Å². The second-order valence-electron chi connectivity index (χ2n) is 7.56. The molecule has 8 heteroatoms. The number of carbonyl (C=O) groups is 2. The van der Waals surface area contributed by atoms with Crippen LogP contribution in [0.5, 0.6) is 5.75 Å². The third-order valence-corrected chi connectivity index (χ3v) is 6.84. The second-order valence-corrected chi connectivity index (χ2v) is 9.36. The van der Waals surface area contributed by atoms with Crippen LogP contribution in [-0.4, -0.2) is 41.7 Å². The van der Waals surface area contributed by atoms with Crippen LogP contribution in [0.4, 0.5) is 0 Å². The molecule has 0 aliphatic rings. The van der Waals surface area contributed by atoms with Gasteiger partial charge in [0.2, 0.25) is 11.8 Å². The average Bonchev–Trinajstić information content (AvgIpc) is 2.78. The van der Waals surface area contributed by atoms with E-state index in [0.717, 1.165) is 17.5 Å². The van der Waals surface area contributed by atoms with E-state index < -0.39 is 6.04 Å². The smallest absolute Gasteiger partial charge is 0.242 e. The van der Waals surface area contributed by atoms with Crippen LogP contribution < -0.4 is 10.1 Å². The predicted octanol–water partition coefficient (Wildman–Crippen LogP) is 5.57. The van der Waals surface area contributed by atoms with Crippen LogP contribution in [0.1, 0.15) is 38.3 Å². The van der Waals surface area contributed by atoms with Gasteiger partial charge < -0.3 is 15.0 Å². The van der Waals surface area contributed by atoms with E-state index in [9.17, 15) is 9.59 Å². The van der Waals surface area contributed by atoms with Crippen LogP contribution in [-0.2, 0) is 21.9 Å². The van der Waals surface area contributed by atoms with Crippen LogP contribution in [0.3, 0.4) is 0 Å². The summed E-state index contributed by atoms with van der Waals surface area (Å²) in [4.78, 5) is 27.6. The first kappa shape index (κ1) is 26.4. The molecule has 2 aromatic carbocycles. The molecule has 0 spiro atoms. The maximum absolute atomic E-state index is 13.2. The van der Waals surface area contributed by atoms with Crippen molar-refractivity contribution in [2.45, 2.75) is 51.6 Å². The number of amides is 2. The number of thioether (sulfide) groups is 1. The Morgan fingerprint density at radius 3 is 2.41 bits per heavy atom. The lowest BCUT2D eigenvalue weighted by Crippen LogP contribution is -2.50. The number of nitrogens with one attached hydrogen (secondary N) is 1. The lowest BCUT2D eigenvalue weighted by atomic mass is 10.1. The molecule has 0 fully saturated rings. The highest BCUT2D eigenvalue weighted by atomic mass is 35.5. The highest BCUT2D eigenvalue weighted by Crippen LogP contribution is 2.28. The van der Waals surface area contributed by atoms with Gasteiger partial charge in [-0.1, -0.05) is 48.3 Å². The van der Waals surface area contributed by atoms with Gasteiger partial charge in [-0.2, -0.15) is 0 Å². The molecular weight excluding hydrogens is 467 g/mol. The highest BCUT2D eigenvalue weighted by molar-refractivity contribution is 7.99. The van der Waals surface area contributed by atoms with Crippen molar-refractivity contribution in [3.63, 3.8) is 0 Å². The Kier molecular flexibility index (Phi) is 10.7. The van der Waals surface area contributed by atoms with Crippen molar-refractivity contribution >= 4 is 46.8 Å². The van der Waals surface area contributed by atoms with Crippen molar-refractivity contribution in [1.82, 2.24) is 10.2 Å². The van der Waals surface area contributed by atoms with Gasteiger partial charge in [0.15, 0.2) is 0 Å². The molecule has 0 unspecified atom stereocenters. The Bertz CT molecular complexity index is 906. The number of methoxy groups -OCH3 is 1. The van der Waals surface area contributed by atoms with Crippen molar-refractivity contribution in [1.29, 1.82) is 0 Å². The third kappa shape index (κ3) is 7.61. The monoisotopic (exact) mass is 496 g/mol. The molecule has 32 heavy (non-hydrogen) atoms. The maximum atomic E-state index is 13.2. The molecule has 0 bridgehead atoms. The maximum Gasteiger partial charge on any atom is 0.242 e. The summed E-state index contributed by atoms with van der Waals surface area (Å²) in [7, 11) is 1.60. The normalized spacial score (nSPS) is 12.7. The van der Waals surface area contributed by atoms with Crippen LogP contribution in [0.15, 0.2) is 42.5 Å². The van der Waals surface area contributed by atoms with Gasteiger partial charge in [-0.3, -0.25) is 9.59 Å². The number of hydrogen-bond acceptors (Lipinski definition) is 4. The summed E-state index contributed by atoms with van der Waals surface area (Å²) in [6, 6.07) is 12.3. The topological polar surface area (TPSA) is 58.6 Å². The molecule has 2 aromatic rings. The molecule has 174 valence electrons. The first-order chi connectivity index (χ1) is 15.3. The van der Waals surface area contributed by atoms with E-state index in [1.165, 1.54) is 11.8 Å². The third-order valence-electron chi connectivity index (χ3n) is 5.19. The molecule has 2 amide bonds. The summed E-state index contributed by atoms with van der Waals surface area (Å²) >= 11 is 13.9. The van der Waals surface area contributed by atoms with E-state index in [4.69, 9.17) is 27.9 Å². The molecule has 0 aliphatic carbocycles. The van der Waals surface area contributed by atoms with Crippen molar-refractivity contribution in [3.8, 4) is 5.75 Å². The second kappa shape index (κ2) is 13.0. The number of rotatable bonds is 11. The van der Waals surface area contributed by atoms with E-state index in [1.807, 2.05) is 38.1 Å². The SMILES string of the molecule is CC[C@H](C)NC(=O)[C@H](C)N(Cc1cccc(OC)c1)C(=O)CSCc1c(Cl)cccc1Cl. The van der Waals surface area contributed by atoms with Crippen molar-refractivity contribution in [2.75, 3.05) is 12.9 Å². The lowest BCUT2D eigenvalue weighted by Gasteiger charge is -2.29. The molecule has 0 saturated heterocycles. The Balaban J connectivity index is 2.14. The number of hydrogen-bond donors (Lipinski definition) is 1. The van der Waals surface area contributed by atoms with Gasteiger partial charge in [0.1, 0.15) is 11.8 Å². The Morgan fingerprint density at radius 1 is 1.12 bits per heavy atom. The quantitative estimate of drug-likeness (QED) is 0.441. The van der Waals surface area contributed by atoms with E-state index in [1.54, 1.807) is 37.1 Å². The fourth-order valence-electron chi connectivity index (χ4n) is 3.01. The van der Waals surface area contributed by atoms with Crippen LogP contribution in [0.2, 0.25) is 10.0 Å². The van der Waals surface area contributed by atoms with E-state index in [-0.39, 0.29) is 23.6 Å². The van der Waals surface area contributed by atoms with Gasteiger partial charge in [0.05, 0.1) is 12.9 Å². The largest absolute Gasteiger partial charge is 0.497 e. The summed E-state index contributed by atoms with van der Waals surface area (Å²) in [6.07, 6.45) is 0.816. The zero-order valence-corrected chi connectivity index (χ0v) is 21.2. The van der Waals surface area contributed by atoms with Crippen molar-refractivity contribution < 1.29 is 14.3 Å². The molecule has 1 N–H and O–H groups in total. The summed E-state index contributed by atoms with van der Waals surface area (Å²) in [5, 5.41) is 4.12. The fourth-order valence-corrected chi connectivity index (χ4v) is 4.66. The minimum Gasteiger partial charge on any atom is -0.497 e. The molecule has 2 atom stereocenters. The lowest BCUT2D eigenvalue weighted by molar-refractivity contribution is -0.138. The summed E-state index contributed by atoms with van der Waals surface area (Å²) in [5.41, 5.74) is 1.69. The Morgan fingerprint density at radius 2 is 1.78 bits per heavy atom. The predicted molar refractivity (Wildman–Crippen MR) is 134 cm³/mol. The summed E-state index contributed by atoms with van der Waals surface area (Å²) in [5.74, 6) is 1.11. The number of ether oxygens (including phenoxy) is 1. The molecule has 0 aromatic heterocycles. The van der Waals surface area contributed by atoms with E-state index in [2.05, 4.69) is 5.32 Å². The minimum atomic E-state index is -0.618. The number of nitrogens with zero attached hydrogens (tertiary/aromatic N) is 1. The molecule has 0 aliphatic heterocycles. The van der Waals surface area contributed by atoms with Gasteiger partial charge in [-0.15, -0.1) is 11.8 Å². The average molecular weight is 497 g/mol. The first-order valence-electron chi connectivity index (χ1n) is 10.5. The van der Waals surface area contributed by atoms with Crippen LogP contribution in [0, 0.1) is 0 Å². The molecule has 5 nitrogen and oxygen atoms in total. The van der Waals surface area contributed by atoms with E-state index in [0.29, 0.717) is 28.1 Å². The number of benzene rings is 2. The van der Waals surface area contributed by atoms with E-state index >= 15 is 0 Å². The fraction of sp³-hybridized carbons (Fsp3) is 0.417. The first-order valence-corrected chi connectivity index (χ1v) is 12.4. The number of halogens is 2. The van der Waals surface area contributed by atoms with Gasteiger partial charge in [-0.05, 0) is 55.7 Å². The van der Waals surface area contributed by atoms with Crippen LogP contribution >= 0.6 is 35.0 Å².